The van der Waals surface area contributed by atoms with Gasteiger partial charge >= 0.3 is 0 Å². The summed E-state index contributed by atoms with van der Waals surface area (Å²) in [5.74, 6) is 0. The lowest BCUT2D eigenvalue weighted by Gasteiger charge is -2.41. The van der Waals surface area contributed by atoms with Gasteiger partial charge in [-0.1, -0.05) is 18.2 Å². The van der Waals surface area contributed by atoms with Gasteiger partial charge in [0.15, 0.2) is 0 Å². The van der Waals surface area contributed by atoms with Crippen LogP contribution in [0, 0.1) is 0 Å². The molecule has 1 heterocycles. The predicted octanol–water partition coefficient (Wildman–Crippen LogP) is 2.97. The molecule has 3 nitrogen and oxygen atoms in total. The van der Waals surface area contributed by atoms with Crippen molar-refractivity contribution in [3.63, 3.8) is 0 Å². The van der Waals surface area contributed by atoms with Crippen LogP contribution >= 0.6 is 0 Å². The zero-order valence-electron chi connectivity index (χ0n) is 12.6. The fraction of sp³-hybridized carbons (Fsp3) is 0.625. The van der Waals surface area contributed by atoms with Crippen LogP contribution in [0.2, 0.25) is 0 Å². The second kappa shape index (κ2) is 5.93. The monoisotopic (exact) mass is 262 g/mol. The van der Waals surface area contributed by atoms with E-state index < -0.39 is 0 Å². The number of para-hydroxylation sites is 1. The van der Waals surface area contributed by atoms with E-state index in [1.54, 1.807) is 0 Å². The first-order valence-corrected chi connectivity index (χ1v) is 7.16. The first-order chi connectivity index (χ1) is 9.09. The normalized spacial score (nSPS) is 25.4. The minimum Gasteiger partial charge on any atom is -0.377 e. The number of nitrogens with zero attached hydrogens (tertiary/aromatic N) is 1. The molecule has 1 saturated heterocycles. The Hall–Kier alpha value is -1.06. The number of hydrogen-bond acceptors (Lipinski definition) is 3. The maximum absolute atomic E-state index is 5.70. The fourth-order valence-corrected chi connectivity index (χ4v) is 2.88. The summed E-state index contributed by atoms with van der Waals surface area (Å²) < 4.78 is 5.70. The smallest absolute Gasteiger partial charge is 0.0825 e. The number of ether oxygens (including phenoxy) is 1. The Labute approximate surface area is 116 Å². The van der Waals surface area contributed by atoms with E-state index in [0.29, 0.717) is 6.04 Å². The Morgan fingerprint density at radius 1 is 1.37 bits per heavy atom. The molecular formula is C16H26N2O. The highest BCUT2D eigenvalue weighted by Gasteiger charge is 2.31. The van der Waals surface area contributed by atoms with E-state index >= 15 is 0 Å². The number of anilines is 1. The van der Waals surface area contributed by atoms with Crippen molar-refractivity contribution < 1.29 is 4.74 Å². The third-order valence-corrected chi connectivity index (χ3v) is 4.33. The lowest BCUT2D eigenvalue weighted by Crippen LogP contribution is -2.47. The third kappa shape index (κ3) is 3.10. The molecule has 1 fully saturated rings. The van der Waals surface area contributed by atoms with Crippen molar-refractivity contribution in [3.05, 3.63) is 29.8 Å². The molecule has 1 aliphatic heterocycles. The van der Waals surface area contributed by atoms with E-state index in [1.165, 1.54) is 17.7 Å². The summed E-state index contributed by atoms with van der Waals surface area (Å²) in [6.07, 6.45) is 2.33. The van der Waals surface area contributed by atoms with Gasteiger partial charge in [-0.15, -0.1) is 0 Å². The highest BCUT2D eigenvalue weighted by atomic mass is 16.5. The summed E-state index contributed by atoms with van der Waals surface area (Å²) in [6, 6.07) is 9.05. The molecule has 1 aromatic rings. The van der Waals surface area contributed by atoms with E-state index in [0.717, 1.165) is 19.5 Å². The number of methoxy groups -OCH3 is 1. The molecule has 0 aromatic heterocycles. The molecule has 0 aliphatic carbocycles. The average molecular weight is 262 g/mol. The number of piperidine rings is 1. The first kappa shape index (κ1) is 14.4. The summed E-state index contributed by atoms with van der Waals surface area (Å²) in [6.45, 7) is 6.50. The molecule has 1 N–H and O–H groups in total. The first-order valence-electron chi connectivity index (χ1n) is 7.16. The van der Waals surface area contributed by atoms with Crippen LogP contribution in [-0.4, -0.2) is 32.8 Å². The van der Waals surface area contributed by atoms with Crippen LogP contribution in [0.5, 0.6) is 0 Å². The van der Waals surface area contributed by atoms with Crippen LogP contribution < -0.4 is 10.2 Å². The van der Waals surface area contributed by atoms with E-state index in [1.807, 2.05) is 14.2 Å². The Bertz CT molecular complexity index is 421. The highest BCUT2D eigenvalue weighted by Crippen LogP contribution is 2.32. The summed E-state index contributed by atoms with van der Waals surface area (Å²) in [5.41, 5.74) is 2.69. The maximum Gasteiger partial charge on any atom is 0.0825 e. The number of hydrogen-bond donors (Lipinski definition) is 1. The van der Waals surface area contributed by atoms with Gasteiger partial charge in [0.1, 0.15) is 0 Å². The molecule has 2 rings (SSSR count). The molecule has 0 radical (unpaired) electrons. The van der Waals surface area contributed by atoms with Crippen LogP contribution in [0.25, 0.3) is 0 Å². The molecule has 0 spiro atoms. The molecule has 2 atom stereocenters. The van der Waals surface area contributed by atoms with Crippen molar-refractivity contribution in [2.75, 3.05) is 32.1 Å². The van der Waals surface area contributed by atoms with E-state index in [2.05, 4.69) is 48.3 Å². The summed E-state index contributed by atoms with van der Waals surface area (Å²) >= 11 is 0. The topological polar surface area (TPSA) is 24.5 Å². The Balaban J connectivity index is 2.26. The lowest BCUT2D eigenvalue weighted by molar-refractivity contribution is -0.00469. The Morgan fingerprint density at radius 2 is 2.11 bits per heavy atom. The molecule has 19 heavy (non-hydrogen) atoms. The number of rotatable bonds is 4. The van der Waals surface area contributed by atoms with Gasteiger partial charge in [0.2, 0.25) is 0 Å². The molecular weight excluding hydrogens is 236 g/mol. The van der Waals surface area contributed by atoms with Gasteiger partial charge in [0, 0.05) is 31.9 Å². The minimum absolute atomic E-state index is 0.0196. The highest BCUT2D eigenvalue weighted by molar-refractivity contribution is 5.55. The second-order valence-corrected chi connectivity index (χ2v) is 5.75. The zero-order valence-corrected chi connectivity index (χ0v) is 12.6. The van der Waals surface area contributed by atoms with Crippen molar-refractivity contribution in [1.82, 2.24) is 5.32 Å². The Kier molecular flexibility index (Phi) is 4.48. The van der Waals surface area contributed by atoms with Crippen molar-refractivity contribution in [3.8, 4) is 0 Å². The van der Waals surface area contributed by atoms with Gasteiger partial charge in [-0.05, 0) is 45.4 Å². The van der Waals surface area contributed by atoms with Gasteiger partial charge in [-0.25, -0.2) is 0 Å². The molecule has 106 valence electrons. The second-order valence-electron chi connectivity index (χ2n) is 5.75. The minimum atomic E-state index is -0.0196. The SMILES string of the molecule is CNC(C)c1ccccc1N1CCCC(C)(OC)C1. The van der Waals surface area contributed by atoms with Crippen LogP contribution in [0.3, 0.4) is 0 Å². The van der Waals surface area contributed by atoms with Crippen molar-refractivity contribution in [2.24, 2.45) is 0 Å². The van der Waals surface area contributed by atoms with Crippen molar-refractivity contribution >= 4 is 5.69 Å². The average Bonchev–Trinajstić information content (AvgIpc) is 2.46. The molecule has 0 bridgehead atoms. The van der Waals surface area contributed by atoms with Crippen molar-refractivity contribution in [2.45, 2.75) is 38.3 Å². The Morgan fingerprint density at radius 3 is 2.79 bits per heavy atom. The lowest BCUT2D eigenvalue weighted by atomic mass is 9.93. The molecule has 0 saturated carbocycles. The molecule has 3 heteroatoms. The molecule has 1 aromatic carbocycles. The third-order valence-electron chi connectivity index (χ3n) is 4.33. The zero-order chi connectivity index (χ0) is 13.9. The van der Waals surface area contributed by atoms with Gasteiger partial charge in [-0.3, -0.25) is 0 Å². The number of nitrogens with one attached hydrogen (secondary N) is 1. The summed E-state index contributed by atoms with van der Waals surface area (Å²) in [7, 11) is 3.84. The molecule has 1 aliphatic rings. The van der Waals surface area contributed by atoms with Gasteiger partial charge in [0.05, 0.1) is 5.60 Å². The van der Waals surface area contributed by atoms with Crippen LogP contribution in [0.1, 0.15) is 38.3 Å². The largest absolute Gasteiger partial charge is 0.377 e. The van der Waals surface area contributed by atoms with Crippen LogP contribution in [-0.2, 0) is 4.74 Å². The standard InChI is InChI=1S/C16H26N2O/c1-13(17-3)14-8-5-6-9-15(14)18-11-7-10-16(2,12-18)19-4/h5-6,8-9,13,17H,7,10-12H2,1-4H3. The van der Waals surface area contributed by atoms with Crippen LogP contribution in [0.15, 0.2) is 24.3 Å². The number of benzene rings is 1. The quantitative estimate of drug-likeness (QED) is 0.903. The van der Waals surface area contributed by atoms with E-state index in [9.17, 15) is 0 Å². The summed E-state index contributed by atoms with van der Waals surface area (Å²) in [5, 5.41) is 3.34. The maximum atomic E-state index is 5.70. The van der Waals surface area contributed by atoms with Gasteiger partial charge in [0.25, 0.3) is 0 Å². The van der Waals surface area contributed by atoms with Crippen LogP contribution in [0.4, 0.5) is 5.69 Å². The predicted molar refractivity (Wildman–Crippen MR) is 80.8 cm³/mol. The molecule has 0 amide bonds. The summed E-state index contributed by atoms with van der Waals surface area (Å²) in [4.78, 5) is 2.47. The van der Waals surface area contributed by atoms with Gasteiger partial charge < -0.3 is 15.0 Å². The van der Waals surface area contributed by atoms with E-state index in [4.69, 9.17) is 4.74 Å². The van der Waals surface area contributed by atoms with Gasteiger partial charge in [-0.2, -0.15) is 0 Å². The van der Waals surface area contributed by atoms with Crippen molar-refractivity contribution in [1.29, 1.82) is 0 Å². The van der Waals surface area contributed by atoms with E-state index in [-0.39, 0.29) is 5.60 Å². The molecule has 2 unspecified atom stereocenters. The fourth-order valence-electron chi connectivity index (χ4n) is 2.88.